The summed E-state index contributed by atoms with van der Waals surface area (Å²) >= 11 is 1.02. The molecule has 2 heterocycles. The van der Waals surface area contributed by atoms with Crippen molar-refractivity contribution in [3.05, 3.63) is 82.7 Å². The van der Waals surface area contributed by atoms with Crippen molar-refractivity contribution in [2.24, 2.45) is 4.40 Å². The average Bonchev–Trinajstić information content (AvgIpc) is 3.16. The molecule has 0 aliphatic carbocycles. The molecule has 33 heavy (non-hydrogen) atoms. The Morgan fingerprint density at radius 1 is 1.09 bits per heavy atom. The maximum atomic E-state index is 13.2. The summed E-state index contributed by atoms with van der Waals surface area (Å²) in [6.45, 7) is 6.28. The number of halogens is 1. The first kappa shape index (κ1) is 23.3. The average molecular weight is 486 g/mol. The van der Waals surface area contributed by atoms with Gasteiger partial charge in [-0.05, 0) is 66.7 Å². The number of hydrogen-bond acceptors (Lipinski definition) is 5. The summed E-state index contributed by atoms with van der Waals surface area (Å²) in [6, 6.07) is 12.6. The van der Waals surface area contributed by atoms with E-state index in [1.807, 2.05) is 25.3 Å². The third-order valence-electron chi connectivity index (χ3n) is 5.85. The monoisotopic (exact) mass is 485 g/mol. The van der Waals surface area contributed by atoms with E-state index >= 15 is 0 Å². The molecule has 1 fully saturated rings. The Morgan fingerprint density at radius 3 is 2.39 bits per heavy atom. The number of sulfonamides is 1. The first-order valence-electron chi connectivity index (χ1n) is 10.4. The van der Waals surface area contributed by atoms with Crippen molar-refractivity contribution in [3.8, 4) is 0 Å². The van der Waals surface area contributed by atoms with Crippen LogP contribution in [0.25, 0.3) is 0 Å². The largest absolute Gasteiger partial charge is 0.347 e. The molecule has 172 valence electrons. The Morgan fingerprint density at radius 2 is 1.76 bits per heavy atom. The third-order valence-corrected chi connectivity index (χ3v) is 8.27. The van der Waals surface area contributed by atoms with Gasteiger partial charge in [-0.15, -0.1) is 4.40 Å². The second-order valence-electron chi connectivity index (χ2n) is 8.24. The van der Waals surface area contributed by atoms with Crippen LogP contribution < -0.4 is 4.90 Å². The topological polar surface area (TPSA) is 70.1 Å². The maximum Gasteiger partial charge on any atom is 0.284 e. The quantitative estimate of drug-likeness (QED) is 0.589. The molecule has 2 aromatic rings. The number of carbonyl (C=O) groups is 1. The van der Waals surface area contributed by atoms with Crippen LogP contribution >= 0.6 is 11.8 Å². The first-order chi connectivity index (χ1) is 15.6. The van der Waals surface area contributed by atoms with Gasteiger partial charge in [-0.2, -0.15) is 8.42 Å². The van der Waals surface area contributed by atoms with Gasteiger partial charge in [-0.25, -0.2) is 4.39 Å². The summed E-state index contributed by atoms with van der Waals surface area (Å²) in [5.74, 6) is -0.842. The van der Waals surface area contributed by atoms with E-state index in [1.165, 1.54) is 10.5 Å². The Hall–Kier alpha value is -2.91. The summed E-state index contributed by atoms with van der Waals surface area (Å²) in [5, 5.41) is 0.0822. The zero-order chi connectivity index (χ0) is 24.0. The molecule has 0 saturated carbocycles. The van der Waals surface area contributed by atoms with Crippen molar-refractivity contribution in [2.75, 3.05) is 18.5 Å². The van der Waals surface area contributed by atoms with Gasteiger partial charge in [0.05, 0.1) is 9.80 Å². The van der Waals surface area contributed by atoms with Gasteiger partial charge in [0.1, 0.15) is 5.82 Å². The molecule has 0 N–H and O–H groups in total. The van der Waals surface area contributed by atoms with Gasteiger partial charge in [0, 0.05) is 30.4 Å². The molecule has 0 radical (unpaired) electrons. The number of amidine groups is 1. The summed E-state index contributed by atoms with van der Waals surface area (Å²) in [4.78, 5) is 16.6. The molecule has 0 atom stereocenters. The lowest BCUT2D eigenvalue weighted by Gasteiger charge is -2.23. The van der Waals surface area contributed by atoms with Gasteiger partial charge < -0.3 is 4.90 Å². The number of nitrogens with zero attached hydrogens (tertiary/aromatic N) is 3. The number of benzene rings is 2. The second-order valence-corrected chi connectivity index (χ2v) is 10.9. The third kappa shape index (κ3) is 4.11. The molecule has 2 aromatic carbocycles. The molecule has 4 rings (SSSR count). The molecule has 0 unspecified atom stereocenters. The van der Waals surface area contributed by atoms with Crippen LogP contribution in [-0.4, -0.2) is 38.0 Å². The Bertz CT molecular complexity index is 1310. The molecule has 0 aromatic heterocycles. The second kappa shape index (κ2) is 8.46. The molecule has 1 saturated heterocycles. The Labute approximate surface area is 197 Å². The molecule has 9 heteroatoms. The normalized spacial score (nSPS) is 21.5. The molecule has 1 amide bonds. The van der Waals surface area contributed by atoms with Crippen molar-refractivity contribution < 1.29 is 17.6 Å². The summed E-state index contributed by atoms with van der Waals surface area (Å²) < 4.78 is 42.4. The summed E-state index contributed by atoms with van der Waals surface area (Å²) in [7, 11) is -2.10. The van der Waals surface area contributed by atoms with Crippen molar-refractivity contribution in [1.29, 1.82) is 0 Å². The van der Waals surface area contributed by atoms with Crippen molar-refractivity contribution >= 4 is 38.5 Å². The number of fused-ring (bicyclic) bond motifs is 1. The van der Waals surface area contributed by atoms with E-state index in [2.05, 4.69) is 35.3 Å². The number of para-hydroxylation sites is 1. The van der Waals surface area contributed by atoms with E-state index in [0.717, 1.165) is 47.4 Å². The van der Waals surface area contributed by atoms with Gasteiger partial charge in [0.25, 0.3) is 15.9 Å². The first-order valence-corrected chi connectivity index (χ1v) is 12.7. The van der Waals surface area contributed by atoms with Crippen LogP contribution in [0.15, 0.2) is 80.6 Å². The SMILES string of the molecule is CCN1C(=O)C(=CC=C2N(C)c3ccccc3C2(C)C)SC1=NS(=O)(=O)c1ccc(F)cc1. The minimum Gasteiger partial charge on any atom is -0.347 e. The van der Waals surface area contributed by atoms with Crippen molar-refractivity contribution in [2.45, 2.75) is 31.1 Å². The van der Waals surface area contributed by atoms with Gasteiger partial charge >= 0.3 is 0 Å². The lowest BCUT2D eigenvalue weighted by Crippen LogP contribution is -2.29. The van der Waals surface area contributed by atoms with E-state index in [9.17, 15) is 17.6 Å². The summed E-state index contributed by atoms with van der Waals surface area (Å²) in [5.41, 5.74) is 3.09. The number of amides is 1. The van der Waals surface area contributed by atoms with Gasteiger partial charge in [-0.3, -0.25) is 9.69 Å². The van der Waals surface area contributed by atoms with Crippen LogP contribution in [0.3, 0.4) is 0 Å². The fourth-order valence-corrected chi connectivity index (χ4v) is 6.27. The van der Waals surface area contributed by atoms with Gasteiger partial charge in [0.15, 0.2) is 5.17 Å². The molecule has 0 spiro atoms. The number of allylic oxidation sites excluding steroid dienone is 3. The van der Waals surface area contributed by atoms with Crippen LogP contribution in [0.2, 0.25) is 0 Å². The Kier molecular flexibility index (Phi) is 5.96. The molecule has 2 aliphatic heterocycles. The lowest BCUT2D eigenvalue weighted by atomic mass is 9.84. The smallest absolute Gasteiger partial charge is 0.284 e. The fraction of sp³-hybridized carbons (Fsp3) is 0.250. The minimum absolute atomic E-state index is 0.0822. The zero-order valence-corrected chi connectivity index (χ0v) is 20.4. The number of carbonyl (C=O) groups excluding carboxylic acids is 1. The summed E-state index contributed by atoms with van der Waals surface area (Å²) in [6.07, 6.45) is 3.63. The minimum atomic E-state index is -4.09. The van der Waals surface area contributed by atoms with E-state index in [4.69, 9.17) is 0 Å². The standard InChI is InChI=1S/C24H24FN3O3S2/c1-5-28-22(29)20(32-23(28)26-33(30,31)17-12-10-16(25)11-13-17)14-15-21-24(2,3)18-8-6-7-9-19(18)27(21)4/h6-15H,5H2,1-4H3. The molecular weight excluding hydrogens is 461 g/mol. The lowest BCUT2D eigenvalue weighted by molar-refractivity contribution is -0.122. The number of rotatable bonds is 4. The molecule has 0 bridgehead atoms. The highest BCUT2D eigenvalue weighted by atomic mass is 32.2. The highest BCUT2D eigenvalue weighted by Crippen LogP contribution is 2.46. The predicted octanol–water partition coefficient (Wildman–Crippen LogP) is 4.66. The number of hydrogen-bond donors (Lipinski definition) is 0. The molecular formula is C24H24FN3O3S2. The van der Waals surface area contributed by atoms with Gasteiger partial charge in [-0.1, -0.05) is 32.0 Å². The number of anilines is 1. The van der Waals surface area contributed by atoms with Crippen LogP contribution in [0.1, 0.15) is 26.3 Å². The fourth-order valence-electron chi connectivity index (χ4n) is 4.09. The predicted molar refractivity (Wildman–Crippen MR) is 130 cm³/mol. The molecule has 6 nitrogen and oxygen atoms in total. The van der Waals surface area contributed by atoms with Gasteiger partial charge in [0.2, 0.25) is 0 Å². The zero-order valence-electron chi connectivity index (χ0n) is 18.7. The van der Waals surface area contributed by atoms with Crippen LogP contribution in [0, 0.1) is 5.82 Å². The molecule has 2 aliphatic rings. The van der Waals surface area contributed by atoms with Crippen LogP contribution in [0.4, 0.5) is 10.1 Å². The van der Waals surface area contributed by atoms with E-state index in [0.29, 0.717) is 4.91 Å². The van der Waals surface area contributed by atoms with Crippen molar-refractivity contribution in [3.63, 3.8) is 0 Å². The Balaban J connectivity index is 1.68. The van der Waals surface area contributed by atoms with Crippen molar-refractivity contribution in [1.82, 2.24) is 4.90 Å². The number of thioether (sulfide) groups is 1. The van der Waals surface area contributed by atoms with Crippen LogP contribution in [-0.2, 0) is 20.2 Å². The highest BCUT2D eigenvalue weighted by Gasteiger charge is 2.38. The maximum absolute atomic E-state index is 13.2. The highest BCUT2D eigenvalue weighted by molar-refractivity contribution is 8.19. The van der Waals surface area contributed by atoms with E-state index < -0.39 is 15.8 Å². The van der Waals surface area contributed by atoms with E-state index in [-0.39, 0.29) is 27.9 Å². The van der Waals surface area contributed by atoms with Crippen LogP contribution in [0.5, 0.6) is 0 Å². The number of likely N-dealkylation sites (N-methyl/N-ethyl adjacent to an activating group) is 2. The van der Waals surface area contributed by atoms with E-state index in [1.54, 1.807) is 13.0 Å².